The topological polar surface area (TPSA) is 37.3 Å². The van der Waals surface area contributed by atoms with Crippen molar-refractivity contribution in [3.8, 4) is 0 Å². The van der Waals surface area contributed by atoms with Crippen molar-refractivity contribution in [2.24, 2.45) is 0 Å². The van der Waals surface area contributed by atoms with Crippen molar-refractivity contribution in [3.05, 3.63) is 41.1 Å². The fraction of sp³-hybridized carbons (Fsp3) is 0. The fourth-order valence-corrected chi connectivity index (χ4v) is 0.984. The lowest BCUT2D eigenvalue weighted by Crippen LogP contribution is -1.78. The number of hydrogen-bond donors (Lipinski definition) is 1. The molecule has 0 aliphatic rings. The highest BCUT2D eigenvalue weighted by Crippen LogP contribution is 2.04. The maximum atomic E-state index is 12.4. The summed E-state index contributed by atoms with van der Waals surface area (Å²) in [4.78, 5) is 0. The second-order valence-electron chi connectivity index (χ2n) is 2.13. The monoisotopic (exact) mass is 186 g/mol. The van der Waals surface area contributed by atoms with Gasteiger partial charge in [-0.2, -0.15) is 0 Å². The Morgan fingerprint density at radius 2 is 1.92 bits per heavy atom. The van der Waals surface area contributed by atoms with E-state index in [4.69, 9.17) is 4.55 Å². The van der Waals surface area contributed by atoms with Gasteiger partial charge in [-0.1, -0.05) is 12.1 Å². The van der Waals surface area contributed by atoms with E-state index in [0.29, 0.717) is 5.56 Å². The Morgan fingerprint density at radius 3 is 2.42 bits per heavy atom. The predicted molar refractivity (Wildman–Crippen MR) is 46.2 cm³/mol. The molecule has 64 valence electrons. The minimum Gasteiger partial charge on any atom is -0.303 e. The molecule has 0 spiro atoms. The number of rotatable bonds is 2. The molecule has 0 radical (unpaired) electrons. The van der Waals surface area contributed by atoms with Crippen molar-refractivity contribution in [2.75, 3.05) is 0 Å². The Labute approximate surface area is 72.0 Å². The van der Waals surface area contributed by atoms with E-state index in [1.165, 1.54) is 30.3 Å². The van der Waals surface area contributed by atoms with Gasteiger partial charge in [0.25, 0.3) is 0 Å². The smallest absolute Gasteiger partial charge is 0.178 e. The van der Waals surface area contributed by atoms with Crippen molar-refractivity contribution in [1.29, 1.82) is 0 Å². The highest BCUT2D eigenvalue weighted by atomic mass is 32.2. The van der Waals surface area contributed by atoms with Gasteiger partial charge >= 0.3 is 0 Å². The molecule has 1 unspecified atom stereocenters. The second kappa shape index (κ2) is 4.13. The Hall–Kier alpha value is -1.00. The Balaban J connectivity index is 2.77. The molecule has 0 fully saturated rings. The van der Waals surface area contributed by atoms with Crippen LogP contribution in [0.1, 0.15) is 5.56 Å². The van der Waals surface area contributed by atoms with Crippen LogP contribution in [0.15, 0.2) is 29.7 Å². The third-order valence-corrected chi connectivity index (χ3v) is 1.62. The van der Waals surface area contributed by atoms with E-state index in [-0.39, 0.29) is 5.82 Å². The van der Waals surface area contributed by atoms with Gasteiger partial charge in [-0.25, -0.2) is 8.60 Å². The molecule has 2 nitrogen and oxygen atoms in total. The Kier molecular flexibility index (Phi) is 3.13. The molecule has 0 heterocycles. The van der Waals surface area contributed by atoms with Crippen molar-refractivity contribution < 1.29 is 13.2 Å². The van der Waals surface area contributed by atoms with Crippen LogP contribution >= 0.6 is 0 Å². The molecule has 0 amide bonds. The van der Waals surface area contributed by atoms with Crippen molar-refractivity contribution >= 4 is 17.2 Å². The zero-order valence-electron chi connectivity index (χ0n) is 6.11. The standard InChI is InChI=1S/C8H7FO2S/c9-8-3-1-7(2-4-8)5-6-12(10)11/h1-6H,(H,10,11)/b6-5+. The molecule has 0 bridgehead atoms. The molecule has 1 N–H and O–H groups in total. The van der Waals surface area contributed by atoms with Gasteiger partial charge in [0.2, 0.25) is 0 Å². The zero-order valence-corrected chi connectivity index (χ0v) is 6.92. The van der Waals surface area contributed by atoms with Crippen LogP contribution in [-0.4, -0.2) is 8.76 Å². The van der Waals surface area contributed by atoms with Gasteiger partial charge < -0.3 is 4.55 Å². The first kappa shape index (κ1) is 9.09. The van der Waals surface area contributed by atoms with Gasteiger partial charge in [0.05, 0.1) is 0 Å². The third kappa shape index (κ3) is 2.94. The molecule has 1 atom stereocenters. The summed E-state index contributed by atoms with van der Waals surface area (Å²) in [5.74, 6) is -0.322. The molecule has 0 aromatic heterocycles. The van der Waals surface area contributed by atoms with Crippen LogP contribution in [0, 0.1) is 5.82 Å². The normalized spacial score (nSPS) is 13.5. The van der Waals surface area contributed by atoms with Crippen molar-refractivity contribution in [2.45, 2.75) is 0 Å². The first-order chi connectivity index (χ1) is 5.68. The van der Waals surface area contributed by atoms with Gasteiger partial charge in [0.1, 0.15) is 5.82 Å². The molecule has 0 saturated heterocycles. The van der Waals surface area contributed by atoms with Crippen LogP contribution < -0.4 is 0 Å². The molecule has 1 aromatic carbocycles. The molecule has 0 saturated carbocycles. The number of hydrogen-bond acceptors (Lipinski definition) is 1. The van der Waals surface area contributed by atoms with Crippen LogP contribution in [-0.2, 0) is 11.1 Å². The summed E-state index contributed by atoms with van der Waals surface area (Å²) in [6.07, 6.45) is 1.45. The summed E-state index contributed by atoms with van der Waals surface area (Å²) in [5, 5.41) is 1.12. The lowest BCUT2D eigenvalue weighted by Gasteiger charge is -1.90. The van der Waals surface area contributed by atoms with E-state index < -0.39 is 11.1 Å². The van der Waals surface area contributed by atoms with Gasteiger partial charge in [-0.15, -0.1) is 0 Å². The van der Waals surface area contributed by atoms with Gasteiger partial charge in [0, 0.05) is 5.41 Å². The summed E-state index contributed by atoms with van der Waals surface area (Å²) in [6.45, 7) is 0. The van der Waals surface area contributed by atoms with E-state index in [0.717, 1.165) is 5.41 Å². The lowest BCUT2D eigenvalue weighted by molar-refractivity contribution is 0.574. The molecule has 4 heteroatoms. The second-order valence-corrected chi connectivity index (χ2v) is 2.95. The van der Waals surface area contributed by atoms with Crippen LogP contribution in [0.4, 0.5) is 4.39 Å². The molecule has 1 rings (SSSR count). The van der Waals surface area contributed by atoms with E-state index in [2.05, 4.69) is 0 Å². The zero-order chi connectivity index (χ0) is 8.97. The largest absolute Gasteiger partial charge is 0.303 e. The third-order valence-electron chi connectivity index (χ3n) is 1.25. The minimum atomic E-state index is -1.95. The number of benzene rings is 1. The van der Waals surface area contributed by atoms with Crippen molar-refractivity contribution in [1.82, 2.24) is 0 Å². The molecular weight excluding hydrogens is 179 g/mol. The summed E-state index contributed by atoms with van der Waals surface area (Å²) < 4.78 is 30.9. The molecule has 0 aliphatic heterocycles. The maximum absolute atomic E-state index is 12.4. The lowest BCUT2D eigenvalue weighted by atomic mass is 10.2. The Bertz CT molecular complexity index is 305. The van der Waals surface area contributed by atoms with E-state index in [9.17, 15) is 8.60 Å². The fourth-order valence-electron chi connectivity index (χ4n) is 0.711. The summed E-state index contributed by atoms with van der Waals surface area (Å²) in [6, 6.07) is 5.64. The molecular formula is C8H7FO2S. The summed E-state index contributed by atoms with van der Waals surface area (Å²) in [5.41, 5.74) is 0.693. The van der Waals surface area contributed by atoms with Crippen LogP contribution in [0.2, 0.25) is 0 Å². The number of halogens is 1. The van der Waals surface area contributed by atoms with Gasteiger partial charge in [-0.3, -0.25) is 0 Å². The average molecular weight is 186 g/mol. The van der Waals surface area contributed by atoms with Gasteiger partial charge in [0.15, 0.2) is 11.1 Å². The van der Waals surface area contributed by atoms with Crippen LogP contribution in [0.3, 0.4) is 0 Å². The minimum absolute atomic E-state index is 0.322. The van der Waals surface area contributed by atoms with Crippen LogP contribution in [0.5, 0.6) is 0 Å². The SMILES string of the molecule is O=S(O)/C=C/c1ccc(F)cc1. The molecule has 12 heavy (non-hydrogen) atoms. The molecule has 0 aliphatic carbocycles. The highest BCUT2D eigenvalue weighted by Gasteiger charge is 1.89. The van der Waals surface area contributed by atoms with Gasteiger partial charge in [-0.05, 0) is 23.8 Å². The van der Waals surface area contributed by atoms with Crippen LogP contribution in [0.25, 0.3) is 6.08 Å². The first-order valence-electron chi connectivity index (χ1n) is 3.22. The summed E-state index contributed by atoms with van der Waals surface area (Å²) >= 11 is -1.95. The van der Waals surface area contributed by atoms with E-state index >= 15 is 0 Å². The van der Waals surface area contributed by atoms with Crippen molar-refractivity contribution in [3.63, 3.8) is 0 Å². The first-order valence-corrected chi connectivity index (χ1v) is 4.39. The average Bonchev–Trinajstić information content (AvgIpc) is 2.03. The maximum Gasteiger partial charge on any atom is 0.178 e. The quantitative estimate of drug-likeness (QED) is 0.717. The molecule has 1 aromatic rings. The highest BCUT2D eigenvalue weighted by molar-refractivity contribution is 7.82. The summed E-state index contributed by atoms with van der Waals surface area (Å²) in [7, 11) is 0. The predicted octanol–water partition coefficient (Wildman–Crippen LogP) is 2.02. The van der Waals surface area contributed by atoms with E-state index in [1.807, 2.05) is 0 Å². The van der Waals surface area contributed by atoms with E-state index in [1.54, 1.807) is 0 Å². The Morgan fingerprint density at radius 1 is 1.33 bits per heavy atom.